The van der Waals surface area contributed by atoms with Crippen LogP contribution in [-0.2, 0) is 104 Å². The molecule has 49 nitrogen and oxygen atoms in total. The van der Waals surface area contributed by atoms with Crippen LogP contribution in [0.4, 0.5) is 0 Å². The first kappa shape index (κ1) is 121. The Morgan fingerprint density at radius 2 is 0.560 bits per heavy atom. The Labute approximate surface area is 784 Å². The van der Waals surface area contributed by atoms with Gasteiger partial charge in [0, 0.05) is 282 Å². The van der Waals surface area contributed by atoms with Gasteiger partial charge in [-0.1, -0.05) is 37.6 Å². The Kier molecular flexibility index (Phi) is 60.4. The molecule has 10 atom stereocenters. The van der Waals surface area contributed by atoms with E-state index in [1.165, 1.54) is 104 Å². The number of aromatic nitrogens is 6. The highest BCUT2D eigenvalue weighted by atomic mass is 16.2. The molecule has 0 aromatic carbocycles. The summed E-state index contributed by atoms with van der Waals surface area (Å²) in [6.45, 7) is 23.2. The van der Waals surface area contributed by atoms with Crippen molar-refractivity contribution in [2.24, 2.45) is 29.4 Å². The number of hydrogen-bond donors (Lipinski definition) is 16. The lowest BCUT2D eigenvalue weighted by atomic mass is 9.69. The number of hydrogen-bond acceptors (Lipinski definition) is 25. The van der Waals surface area contributed by atoms with Gasteiger partial charge in [-0.3, -0.25) is 95.9 Å². The third kappa shape index (κ3) is 54.6. The molecule has 6 aliphatic rings. The van der Waals surface area contributed by atoms with E-state index in [4.69, 9.17) is 29.4 Å². The molecular formula is C85H145N33O16. The van der Waals surface area contributed by atoms with Gasteiger partial charge in [0.25, 0.3) is 0 Å². The van der Waals surface area contributed by atoms with Gasteiger partial charge in [-0.15, -0.1) is 23.0 Å². The number of amides is 16. The van der Waals surface area contributed by atoms with Gasteiger partial charge < -0.3 is 85.1 Å². The average Bonchev–Trinajstić information content (AvgIpc) is 0.790. The summed E-state index contributed by atoms with van der Waals surface area (Å²) in [5.74, 6) is 2.61. The highest BCUT2D eigenvalue weighted by Gasteiger charge is 2.56. The largest absolute Gasteiger partial charge is 0.356 e. The van der Waals surface area contributed by atoms with Crippen molar-refractivity contribution < 1.29 is 76.7 Å². The predicted octanol–water partition coefficient (Wildman–Crippen LogP) is 0.459. The van der Waals surface area contributed by atoms with E-state index in [2.05, 4.69) is 157 Å². The SMILES string of the molecule is C#CCC(=O)NC(CCCNC(C)=O)(CCCNC(C)=O)CCCNC(C)=O.C#CCC(=O)NC12CC(CNC(C)=O)N([C@H](CNC(C)=O)C1)[C@@H](CNC(C)=O)C2.CC(=O)NCC1CC2(NC(=O)Cc3cn(C)nn3)C[C@@H](CNC(C)=O)N1[C@@H](CNC(C)=O)C2.CC(=O)NCCCC(CCCNC(C)=O)(CCCNC(C)=O)NC(=O)Cc1cn(C)nn1.CN=[N+]=[N-].CN=[N+]=[N-].CN=[N+]=[N-]. The molecule has 2 aromatic heterocycles. The maximum atomic E-state index is 13.0. The van der Waals surface area contributed by atoms with Crippen molar-refractivity contribution in [3.63, 3.8) is 0 Å². The zero-order chi connectivity index (χ0) is 101. The van der Waals surface area contributed by atoms with Crippen LogP contribution in [0.5, 0.6) is 0 Å². The van der Waals surface area contributed by atoms with Crippen molar-refractivity contribution in [3.8, 4) is 24.7 Å². The molecular weight excluding hydrogens is 1740 g/mol. The number of fused-ring (bicyclic) bond motifs is 6. The summed E-state index contributed by atoms with van der Waals surface area (Å²) >= 11 is 0. The fraction of sp³-hybridized carbons (Fsp3) is 0.718. The Morgan fingerprint density at radius 3 is 0.754 bits per heavy atom. The van der Waals surface area contributed by atoms with Gasteiger partial charge in [0.15, 0.2) is 0 Å². The number of aryl methyl sites for hydroxylation is 2. The second-order valence-corrected chi connectivity index (χ2v) is 33.2. The summed E-state index contributed by atoms with van der Waals surface area (Å²) in [7, 11) is 7.65. The molecule has 4 bridgehead atoms. The van der Waals surface area contributed by atoms with E-state index >= 15 is 0 Å². The second-order valence-electron chi connectivity index (χ2n) is 33.2. The lowest BCUT2D eigenvalue weighted by Gasteiger charge is -2.60. The van der Waals surface area contributed by atoms with Crippen LogP contribution in [0.15, 0.2) is 27.7 Å². The molecule has 6 fully saturated rings. The topological polar surface area (TPSA) is 680 Å². The molecule has 6 saturated heterocycles. The van der Waals surface area contributed by atoms with E-state index in [0.717, 1.165) is 0 Å². The van der Waals surface area contributed by atoms with Gasteiger partial charge in [-0.25, -0.2) is 0 Å². The molecule has 746 valence electrons. The number of piperidine rings is 6. The number of carbonyl (C=O) groups is 16. The molecule has 0 saturated carbocycles. The van der Waals surface area contributed by atoms with Gasteiger partial charge in [-0.2, -0.15) is 0 Å². The summed E-state index contributed by atoms with van der Waals surface area (Å²) in [5.41, 5.74) is 21.1. The fourth-order valence-corrected chi connectivity index (χ4v) is 16.7. The van der Waals surface area contributed by atoms with E-state index in [1.807, 2.05) is 0 Å². The van der Waals surface area contributed by atoms with Crippen LogP contribution >= 0.6 is 0 Å². The van der Waals surface area contributed by atoms with Gasteiger partial charge in [-0.05, 0) is 132 Å². The van der Waals surface area contributed by atoms with Gasteiger partial charge in [0.1, 0.15) is 0 Å². The molecule has 134 heavy (non-hydrogen) atoms. The Morgan fingerprint density at radius 1 is 0.358 bits per heavy atom. The van der Waals surface area contributed by atoms with Crippen LogP contribution in [0.3, 0.4) is 0 Å². The third-order valence-corrected chi connectivity index (χ3v) is 21.4. The minimum Gasteiger partial charge on any atom is -0.356 e. The van der Waals surface area contributed by atoms with Crippen LogP contribution in [0.25, 0.3) is 31.3 Å². The Balaban J connectivity index is 0.00000169. The Bertz CT molecular complexity index is 4060. The fourth-order valence-electron chi connectivity index (χ4n) is 16.7. The number of carbonyl (C=O) groups excluding carboxylic acids is 16. The molecule has 6 aliphatic heterocycles. The number of terminal acetylenes is 2. The van der Waals surface area contributed by atoms with Gasteiger partial charge in [0.2, 0.25) is 94.5 Å². The summed E-state index contributed by atoms with van der Waals surface area (Å²) in [6, 6.07) is -0.262. The van der Waals surface area contributed by atoms with Gasteiger partial charge >= 0.3 is 0 Å². The normalized spacial score (nSPS) is 18.6. The first-order valence-corrected chi connectivity index (χ1v) is 44.4. The first-order valence-electron chi connectivity index (χ1n) is 44.4. The maximum absolute atomic E-state index is 13.0. The van der Waals surface area contributed by atoms with E-state index in [9.17, 15) is 76.7 Å². The zero-order valence-corrected chi connectivity index (χ0v) is 80.9. The summed E-state index contributed by atoms with van der Waals surface area (Å²) in [5, 5.41) is 71.1. The van der Waals surface area contributed by atoms with Crippen molar-refractivity contribution in [3.05, 3.63) is 55.1 Å². The molecule has 2 aromatic rings. The van der Waals surface area contributed by atoms with E-state index in [1.54, 1.807) is 35.9 Å². The van der Waals surface area contributed by atoms with E-state index in [-0.39, 0.29) is 156 Å². The number of nitrogens with zero attached hydrogens (tertiary/aromatic N) is 17. The van der Waals surface area contributed by atoms with Gasteiger partial charge in [0.05, 0.1) is 37.1 Å². The highest BCUT2D eigenvalue weighted by molar-refractivity contribution is 5.82. The van der Waals surface area contributed by atoms with Crippen molar-refractivity contribution in [1.82, 2.24) is 125 Å². The van der Waals surface area contributed by atoms with Crippen molar-refractivity contribution in [2.75, 3.05) is 99.7 Å². The molecule has 8 rings (SSSR count). The molecule has 0 spiro atoms. The number of azide groups is 3. The van der Waals surface area contributed by atoms with Crippen LogP contribution < -0.4 is 85.1 Å². The number of rotatable bonds is 46. The maximum Gasteiger partial charge on any atom is 0.232 e. The van der Waals surface area contributed by atoms with E-state index < -0.39 is 22.2 Å². The van der Waals surface area contributed by atoms with Crippen molar-refractivity contribution >= 4 is 94.5 Å². The molecule has 0 aliphatic carbocycles. The summed E-state index contributed by atoms with van der Waals surface area (Å²) in [4.78, 5) is 198. The second kappa shape index (κ2) is 67.0. The lowest BCUT2D eigenvalue weighted by Crippen LogP contribution is -2.75. The first-order chi connectivity index (χ1) is 63.3. The molecule has 49 heteroatoms. The molecule has 6 unspecified atom stereocenters. The minimum atomic E-state index is -0.533. The Hall–Kier alpha value is -13.2. The molecule has 0 radical (unpaired) electrons. The monoisotopic (exact) mass is 1880 g/mol. The van der Waals surface area contributed by atoms with Crippen molar-refractivity contribution in [1.29, 1.82) is 0 Å². The molecule has 8 heterocycles. The minimum absolute atomic E-state index is 0.00540. The average molecular weight is 1890 g/mol. The van der Waals surface area contributed by atoms with Crippen LogP contribution in [0.2, 0.25) is 0 Å². The smallest absolute Gasteiger partial charge is 0.232 e. The highest BCUT2D eigenvalue weighted by Crippen LogP contribution is 2.45. The zero-order valence-electron chi connectivity index (χ0n) is 80.9. The van der Waals surface area contributed by atoms with Crippen LogP contribution in [0.1, 0.15) is 223 Å². The van der Waals surface area contributed by atoms with Crippen LogP contribution in [0, 0.1) is 24.7 Å². The standard InChI is InChI=1S/C21H34N8O4.C21H37N7O4.C20H31N5O4.C20H34N4O4.3CH3N3/c1-13(30)22-9-17-6-21(25-20(33)5-16-12-28(4)27-26-16)7-18(10-23-14(2)31)29(17)19(8-21)11-24-15(3)32;1-16(29)22-11-5-8-21(9-6-12-23-17(2)30,10-7-13-24-18(3)31)25-20(32)14-19-15-28(4)27-26-19;1-5-6-19(29)24-20-7-16(10-21-13(2)26)25(17(8-20)11-22-14(3)27)18(9-20)12-23-15(4)28;1-5-9-19(28)24-20(10-6-13-21-16(2)25,11-7-14-22-17(3)26)12-8-15-23-18(4)27;3*1-3-4-2/h12,17-19H,5-11H2,1-4H3,(H,22,30)(H,23,31)(H,24,32)(H,25,33);15H,5-14H2,1-4H3,(H,22,29)(H,23,30)(H,24,31)(H,25,32);1,16-18H,6-12H2,2-4H3,(H,21,26)(H,22,27)(H,23,28)(H,24,29);1H,6-15H2,2-4H3,(H,21,25)(H,22,26)(H,23,27)(H,24,28);3*1H3/t17-,18+,19?,21?;;16-,17+,18?,20?;;;;. The summed E-state index contributed by atoms with van der Waals surface area (Å²) in [6.07, 6.45) is 26.2. The quantitative estimate of drug-likeness (QED) is 0.0141. The van der Waals surface area contributed by atoms with Crippen LogP contribution in [-0.4, -0.2) is 292 Å². The molecule has 16 amide bonds. The lowest BCUT2D eigenvalue weighted by molar-refractivity contribution is -0.132. The third-order valence-electron chi connectivity index (χ3n) is 21.4. The number of nitrogens with one attached hydrogen (secondary N) is 16. The van der Waals surface area contributed by atoms with E-state index in [0.29, 0.717) is 205 Å². The predicted molar refractivity (Wildman–Crippen MR) is 499 cm³/mol. The molecule has 16 N–H and O–H groups in total. The summed E-state index contributed by atoms with van der Waals surface area (Å²) < 4.78 is 3.10. The van der Waals surface area contributed by atoms with Crippen molar-refractivity contribution in [2.45, 2.75) is 283 Å².